The quantitative estimate of drug-likeness (QED) is 0.861. The Bertz CT molecular complexity index is 572. The number of methoxy groups -OCH3 is 1. The van der Waals surface area contributed by atoms with Gasteiger partial charge in [-0.2, -0.15) is 0 Å². The zero-order valence-electron chi connectivity index (χ0n) is 10.6. The van der Waals surface area contributed by atoms with Crippen LogP contribution in [0.2, 0.25) is 0 Å². The van der Waals surface area contributed by atoms with Gasteiger partial charge < -0.3 is 10.5 Å². The number of nitrogens with zero attached hydrogens (tertiary/aromatic N) is 2. The Morgan fingerprint density at radius 2 is 1.94 bits per heavy atom. The van der Waals surface area contributed by atoms with Crippen LogP contribution in [-0.2, 0) is 0 Å². The summed E-state index contributed by atoms with van der Waals surface area (Å²) in [5, 5.41) is 0.730. The van der Waals surface area contributed by atoms with Crippen LogP contribution in [-0.4, -0.2) is 17.1 Å². The minimum Gasteiger partial charge on any atom is -0.490 e. The van der Waals surface area contributed by atoms with Crippen LogP contribution in [0.25, 0.3) is 0 Å². The Balaban J connectivity index is 2.34. The van der Waals surface area contributed by atoms with Crippen molar-refractivity contribution >= 4 is 17.6 Å². The Morgan fingerprint density at radius 3 is 2.61 bits per heavy atom. The second-order valence-corrected chi connectivity index (χ2v) is 5.01. The lowest BCUT2D eigenvalue weighted by Gasteiger charge is -2.09. The van der Waals surface area contributed by atoms with Crippen molar-refractivity contribution in [3.8, 4) is 5.75 Å². The van der Waals surface area contributed by atoms with Gasteiger partial charge in [-0.25, -0.2) is 9.97 Å². The number of nitrogens with two attached hydrogens (primary N) is 1. The van der Waals surface area contributed by atoms with Crippen molar-refractivity contribution in [1.29, 1.82) is 0 Å². The molecule has 1 aromatic carbocycles. The second kappa shape index (κ2) is 5.27. The summed E-state index contributed by atoms with van der Waals surface area (Å²) in [6.45, 7) is 4.18. The predicted molar refractivity (Wildman–Crippen MR) is 73.0 cm³/mol. The molecule has 4 nitrogen and oxygen atoms in total. The second-order valence-electron chi connectivity index (χ2n) is 3.95. The minimum atomic E-state index is 0.360. The van der Waals surface area contributed by atoms with Crippen LogP contribution < -0.4 is 10.5 Å². The largest absolute Gasteiger partial charge is 0.490 e. The molecule has 0 fully saturated rings. The lowest BCUT2D eigenvalue weighted by molar-refractivity contribution is 0.401. The van der Waals surface area contributed by atoms with Gasteiger partial charge in [0.1, 0.15) is 11.4 Å². The first-order chi connectivity index (χ1) is 8.61. The molecule has 0 aliphatic heterocycles. The SMILES string of the molecule is COc1c(N)ncnc1Sc1ccc(C)c(C)c1. The van der Waals surface area contributed by atoms with E-state index >= 15 is 0 Å². The van der Waals surface area contributed by atoms with E-state index in [0.29, 0.717) is 11.6 Å². The smallest absolute Gasteiger partial charge is 0.193 e. The van der Waals surface area contributed by atoms with Crippen molar-refractivity contribution < 1.29 is 4.74 Å². The molecule has 0 unspecified atom stereocenters. The van der Waals surface area contributed by atoms with Crippen molar-refractivity contribution in [2.45, 2.75) is 23.8 Å². The fourth-order valence-corrected chi connectivity index (χ4v) is 2.50. The number of aryl methyl sites for hydroxylation is 2. The molecule has 2 N–H and O–H groups in total. The van der Waals surface area contributed by atoms with Gasteiger partial charge in [-0.1, -0.05) is 17.8 Å². The van der Waals surface area contributed by atoms with E-state index in [1.54, 1.807) is 7.11 Å². The van der Waals surface area contributed by atoms with Gasteiger partial charge in [0.2, 0.25) is 0 Å². The third-order valence-corrected chi connectivity index (χ3v) is 3.67. The molecule has 0 saturated carbocycles. The van der Waals surface area contributed by atoms with E-state index < -0.39 is 0 Å². The normalized spacial score (nSPS) is 10.4. The number of hydrogen-bond donors (Lipinski definition) is 1. The van der Waals surface area contributed by atoms with Crippen LogP contribution in [0.15, 0.2) is 34.4 Å². The van der Waals surface area contributed by atoms with E-state index in [9.17, 15) is 0 Å². The van der Waals surface area contributed by atoms with Gasteiger partial charge in [0.05, 0.1) is 7.11 Å². The summed E-state index contributed by atoms with van der Waals surface area (Å²) < 4.78 is 5.23. The highest BCUT2D eigenvalue weighted by Crippen LogP contribution is 2.35. The van der Waals surface area contributed by atoms with Crippen LogP contribution in [0.1, 0.15) is 11.1 Å². The molecule has 0 atom stereocenters. The fourth-order valence-electron chi connectivity index (χ4n) is 1.52. The Kier molecular flexibility index (Phi) is 3.72. The monoisotopic (exact) mass is 261 g/mol. The van der Waals surface area contributed by atoms with Gasteiger partial charge >= 0.3 is 0 Å². The number of rotatable bonds is 3. The lowest BCUT2D eigenvalue weighted by Crippen LogP contribution is -1.98. The van der Waals surface area contributed by atoms with Gasteiger partial charge in [-0.15, -0.1) is 0 Å². The molecule has 1 heterocycles. The third-order valence-electron chi connectivity index (χ3n) is 2.70. The fraction of sp³-hybridized carbons (Fsp3) is 0.231. The standard InChI is InChI=1S/C13H15N3OS/c1-8-4-5-10(6-9(8)2)18-13-11(17-3)12(14)15-7-16-13/h4-7H,1-3H3,(H2,14,15,16). The van der Waals surface area contributed by atoms with Crippen molar-refractivity contribution in [1.82, 2.24) is 9.97 Å². The Labute approximate surface area is 111 Å². The van der Waals surface area contributed by atoms with E-state index in [0.717, 1.165) is 9.92 Å². The average molecular weight is 261 g/mol. The maximum absolute atomic E-state index is 5.75. The van der Waals surface area contributed by atoms with Crippen LogP contribution in [0, 0.1) is 13.8 Å². The van der Waals surface area contributed by atoms with Gasteiger partial charge in [0, 0.05) is 4.90 Å². The molecular formula is C13H15N3OS. The maximum Gasteiger partial charge on any atom is 0.193 e. The molecule has 0 spiro atoms. The summed E-state index contributed by atoms with van der Waals surface area (Å²) in [6.07, 6.45) is 1.45. The summed E-state index contributed by atoms with van der Waals surface area (Å²) in [7, 11) is 1.57. The number of anilines is 1. The molecule has 0 bridgehead atoms. The first kappa shape index (κ1) is 12.7. The van der Waals surface area contributed by atoms with Crippen molar-refractivity contribution in [3.63, 3.8) is 0 Å². The zero-order valence-corrected chi connectivity index (χ0v) is 11.4. The topological polar surface area (TPSA) is 61.0 Å². The molecule has 5 heteroatoms. The zero-order chi connectivity index (χ0) is 13.1. The molecule has 2 aromatic rings. The molecule has 0 saturated heterocycles. The summed E-state index contributed by atoms with van der Waals surface area (Å²) in [6, 6.07) is 6.27. The van der Waals surface area contributed by atoms with E-state index in [1.807, 2.05) is 0 Å². The number of ether oxygens (including phenoxy) is 1. The van der Waals surface area contributed by atoms with Gasteiger partial charge in [0.25, 0.3) is 0 Å². The Morgan fingerprint density at radius 1 is 1.17 bits per heavy atom. The van der Waals surface area contributed by atoms with Crippen LogP contribution in [0.3, 0.4) is 0 Å². The third kappa shape index (κ3) is 2.56. The number of hydrogen-bond acceptors (Lipinski definition) is 5. The van der Waals surface area contributed by atoms with Crippen molar-refractivity contribution in [3.05, 3.63) is 35.7 Å². The summed E-state index contributed by atoms with van der Waals surface area (Å²) in [5.74, 6) is 0.888. The van der Waals surface area contributed by atoms with Crippen molar-refractivity contribution in [2.75, 3.05) is 12.8 Å². The van der Waals surface area contributed by atoms with Crippen LogP contribution in [0.4, 0.5) is 5.82 Å². The molecule has 0 radical (unpaired) electrons. The average Bonchev–Trinajstić information content (AvgIpc) is 2.34. The number of benzene rings is 1. The highest BCUT2D eigenvalue weighted by molar-refractivity contribution is 7.99. The van der Waals surface area contributed by atoms with Gasteiger partial charge in [-0.3, -0.25) is 0 Å². The summed E-state index contributed by atoms with van der Waals surface area (Å²) in [4.78, 5) is 9.22. The van der Waals surface area contributed by atoms with E-state index in [-0.39, 0.29) is 0 Å². The first-order valence-electron chi connectivity index (χ1n) is 5.51. The van der Waals surface area contributed by atoms with Gasteiger partial charge in [0.15, 0.2) is 11.6 Å². The molecule has 94 valence electrons. The molecule has 2 rings (SSSR count). The predicted octanol–water partition coefficient (Wildman–Crippen LogP) is 2.84. The van der Waals surface area contributed by atoms with Gasteiger partial charge in [-0.05, 0) is 37.1 Å². The summed E-state index contributed by atoms with van der Waals surface area (Å²) >= 11 is 1.52. The minimum absolute atomic E-state index is 0.360. The first-order valence-corrected chi connectivity index (χ1v) is 6.33. The number of nitrogen functional groups attached to an aromatic ring is 1. The molecule has 0 aliphatic carbocycles. The van der Waals surface area contributed by atoms with Crippen LogP contribution >= 0.6 is 11.8 Å². The molecule has 1 aromatic heterocycles. The summed E-state index contributed by atoms with van der Waals surface area (Å²) in [5.41, 5.74) is 8.27. The number of aromatic nitrogens is 2. The highest BCUT2D eigenvalue weighted by atomic mass is 32.2. The maximum atomic E-state index is 5.75. The van der Waals surface area contributed by atoms with Crippen LogP contribution in [0.5, 0.6) is 5.75 Å². The van der Waals surface area contributed by atoms with E-state index in [2.05, 4.69) is 42.0 Å². The highest BCUT2D eigenvalue weighted by Gasteiger charge is 2.11. The van der Waals surface area contributed by atoms with Crippen molar-refractivity contribution in [2.24, 2.45) is 0 Å². The van der Waals surface area contributed by atoms with E-state index in [4.69, 9.17) is 10.5 Å². The molecular weight excluding hydrogens is 246 g/mol. The molecule has 18 heavy (non-hydrogen) atoms. The Hall–Kier alpha value is -1.75. The lowest BCUT2D eigenvalue weighted by atomic mass is 10.1. The molecule has 0 aliphatic rings. The van der Waals surface area contributed by atoms with E-state index in [1.165, 1.54) is 29.2 Å². The molecule has 0 amide bonds.